The van der Waals surface area contributed by atoms with Crippen LogP contribution in [-0.4, -0.2) is 6.10 Å². The van der Waals surface area contributed by atoms with Crippen LogP contribution in [0.4, 0.5) is 0 Å². The average Bonchev–Trinajstić information content (AvgIpc) is 3.08. The summed E-state index contributed by atoms with van der Waals surface area (Å²) in [5, 5.41) is 2.55. The van der Waals surface area contributed by atoms with Gasteiger partial charge in [0.1, 0.15) is 12.2 Å². The molecule has 1 nitrogen and oxygen atoms in total. The van der Waals surface area contributed by atoms with E-state index in [1.807, 2.05) is 6.92 Å². The predicted octanol–water partition coefficient (Wildman–Crippen LogP) is 3.86. The molecule has 3 rings (SSSR count). The zero-order valence-electron chi connectivity index (χ0n) is 9.31. The molecule has 0 unspecified atom stereocenters. The Labute approximate surface area is 95.4 Å². The molecule has 0 radical (unpaired) electrons. The molecule has 1 heteroatoms. The van der Waals surface area contributed by atoms with Gasteiger partial charge in [0.15, 0.2) is 0 Å². The molecule has 80 valence electrons. The molecule has 2 aromatic carbocycles. The first kappa shape index (κ1) is 9.61. The van der Waals surface area contributed by atoms with Gasteiger partial charge >= 0.3 is 0 Å². The number of benzene rings is 2. The van der Waals surface area contributed by atoms with Gasteiger partial charge in [-0.3, -0.25) is 0 Å². The molecule has 0 N–H and O–H groups in total. The van der Waals surface area contributed by atoms with Gasteiger partial charge in [-0.2, -0.15) is 0 Å². The van der Waals surface area contributed by atoms with Crippen LogP contribution in [0.1, 0.15) is 18.6 Å². The lowest BCUT2D eigenvalue weighted by Gasteiger charge is -2.00. The minimum absolute atomic E-state index is 0.223. The summed E-state index contributed by atoms with van der Waals surface area (Å²) in [5.74, 6) is 0. The van der Waals surface area contributed by atoms with Gasteiger partial charge in [-0.15, -0.1) is 0 Å². The van der Waals surface area contributed by atoms with Crippen LogP contribution in [0.2, 0.25) is 0 Å². The number of ether oxygens (including phenoxy) is 1. The minimum Gasteiger partial charge on any atom is -0.360 e. The third-order valence-electron chi connectivity index (χ3n) is 3.08. The molecule has 0 amide bonds. The average molecular weight is 210 g/mol. The summed E-state index contributed by atoms with van der Waals surface area (Å²) in [7, 11) is 0. The standard InChI is InChI=1S/C15H14O/c1-10(2)14-15(16-14)13-8-7-11-5-3-4-6-12(11)9-13/h3-9,14-15H,1H2,2H3/t14-,15+/m0/s1. The Balaban J connectivity index is 1.98. The van der Waals surface area contributed by atoms with Crippen molar-refractivity contribution in [1.29, 1.82) is 0 Å². The maximum atomic E-state index is 5.61. The molecule has 16 heavy (non-hydrogen) atoms. The smallest absolute Gasteiger partial charge is 0.113 e. The summed E-state index contributed by atoms with van der Waals surface area (Å²) in [5.41, 5.74) is 2.37. The Morgan fingerprint density at radius 3 is 2.56 bits per heavy atom. The summed E-state index contributed by atoms with van der Waals surface area (Å²) in [6, 6.07) is 14.9. The van der Waals surface area contributed by atoms with Crippen molar-refractivity contribution in [3.05, 3.63) is 60.2 Å². The zero-order chi connectivity index (χ0) is 11.1. The van der Waals surface area contributed by atoms with Crippen LogP contribution < -0.4 is 0 Å². The third-order valence-corrected chi connectivity index (χ3v) is 3.08. The fourth-order valence-electron chi connectivity index (χ4n) is 2.13. The van der Waals surface area contributed by atoms with Crippen LogP contribution in [0.25, 0.3) is 10.8 Å². The van der Waals surface area contributed by atoms with Crippen molar-refractivity contribution in [1.82, 2.24) is 0 Å². The van der Waals surface area contributed by atoms with Gasteiger partial charge in [0.25, 0.3) is 0 Å². The molecule has 0 aromatic heterocycles. The third kappa shape index (κ3) is 1.54. The van der Waals surface area contributed by atoms with E-state index in [1.54, 1.807) is 0 Å². The Kier molecular flexibility index (Phi) is 2.08. The van der Waals surface area contributed by atoms with E-state index in [2.05, 4.69) is 49.0 Å². The van der Waals surface area contributed by atoms with Crippen LogP contribution in [0.5, 0.6) is 0 Å². The number of hydrogen-bond acceptors (Lipinski definition) is 1. The highest BCUT2D eigenvalue weighted by Gasteiger charge is 2.40. The molecule has 0 saturated carbocycles. The van der Waals surface area contributed by atoms with Gasteiger partial charge in [-0.1, -0.05) is 43.0 Å². The molecule has 1 aliphatic heterocycles. The molecular formula is C15H14O. The molecule has 0 bridgehead atoms. The minimum atomic E-state index is 0.223. The summed E-state index contributed by atoms with van der Waals surface area (Å²) in [6.45, 7) is 5.95. The summed E-state index contributed by atoms with van der Waals surface area (Å²) < 4.78 is 5.61. The number of rotatable bonds is 2. The van der Waals surface area contributed by atoms with Gasteiger partial charge in [0.2, 0.25) is 0 Å². The van der Waals surface area contributed by atoms with E-state index in [1.165, 1.54) is 16.3 Å². The SMILES string of the molecule is C=C(C)[C@@H]1O[C@@H]1c1ccc2ccccc2c1. The summed E-state index contributed by atoms with van der Waals surface area (Å²) in [4.78, 5) is 0. The molecule has 0 aliphatic carbocycles. The Bertz CT molecular complexity index is 556. The highest BCUT2D eigenvalue weighted by atomic mass is 16.6. The first-order valence-corrected chi connectivity index (χ1v) is 5.55. The Morgan fingerprint density at radius 2 is 1.88 bits per heavy atom. The van der Waals surface area contributed by atoms with Crippen molar-refractivity contribution in [3.63, 3.8) is 0 Å². The molecule has 2 aromatic rings. The monoisotopic (exact) mass is 210 g/mol. The van der Waals surface area contributed by atoms with E-state index in [0.717, 1.165) is 5.57 Å². The first-order chi connectivity index (χ1) is 7.75. The molecule has 1 fully saturated rings. The van der Waals surface area contributed by atoms with E-state index in [0.29, 0.717) is 0 Å². The van der Waals surface area contributed by atoms with Gasteiger partial charge in [0, 0.05) is 0 Å². The summed E-state index contributed by atoms with van der Waals surface area (Å²) >= 11 is 0. The lowest BCUT2D eigenvalue weighted by Crippen LogP contribution is -1.89. The van der Waals surface area contributed by atoms with E-state index in [9.17, 15) is 0 Å². The second kappa shape index (κ2) is 3.46. The van der Waals surface area contributed by atoms with Crippen molar-refractivity contribution in [2.24, 2.45) is 0 Å². The van der Waals surface area contributed by atoms with Gasteiger partial charge in [-0.05, 0) is 34.9 Å². The van der Waals surface area contributed by atoms with Crippen molar-refractivity contribution in [3.8, 4) is 0 Å². The van der Waals surface area contributed by atoms with Gasteiger partial charge in [0.05, 0.1) is 0 Å². The molecule has 1 heterocycles. The van der Waals surface area contributed by atoms with Crippen molar-refractivity contribution in [2.75, 3.05) is 0 Å². The van der Waals surface area contributed by atoms with Crippen LogP contribution in [0.3, 0.4) is 0 Å². The second-order valence-electron chi connectivity index (χ2n) is 4.43. The molecular weight excluding hydrogens is 196 g/mol. The number of fused-ring (bicyclic) bond motifs is 1. The quantitative estimate of drug-likeness (QED) is 0.541. The Hall–Kier alpha value is -1.60. The van der Waals surface area contributed by atoms with Crippen LogP contribution in [-0.2, 0) is 4.74 Å². The van der Waals surface area contributed by atoms with Crippen LogP contribution in [0.15, 0.2) is 54.6 Å². The Morgan fingerprint density at radius 1 is 1.12 bits per heavy atom. The normalized spacial score (nSPS) is 23.3. The molecule has 1 aliphatic rings. The van der Waals surface area contributed by atoms with E-state index in [-0.39, 0.29) is 12.2 Å². The van der Waals surface area contributed by atoms with Crippen molar-refractivity contribution < 1.29 is 4.74 Å². The fourth-order valence-corrected chi connectivity index (χ4v) is 2.13. The van der Waals surface area contributed by atoms with Gasteiger partial charge < -0.3 is 4.74 Å². The zero-order valence-corrected chi connectivity index (χ0v) is 9.31. The van der Waals surface area contributed by atoms with Gasteiger partial charge in [-0.25, -0.2) is 0 Å². The summed E-state index contributed by atoms with van der Waals surface area (Å²) in [6.07, 6.45) is 0.447. The fraction of sp³-hybridized carbons (Fsp3) is 0.200. The maximum Gasteiger partial charge on any atom is 0.113 e. The molecule has 1 saturated heterocycles. The maximum absolute atomic E-state index is 5.61. The highest BCUT2D eigenvalue weighted by Crippen LogP contribution is 2.42. The largest absolute Gasteiger partial charge is 0.360 e. The lowest BCUT2D eigenvalue weighted by molar-refractivity contribution is 0.389. The van der Waals surface area contributed by atoms with E-state index >= 15 is 0 Å². The topological polar surface area (TPSA) is 12.5 Å². The van der Waals surface area contributed by atoms with Crippen molar-refractivity contribution >= 4 is 10.8 Å². The first-order valence-electron chi connectivity index (χ1n) is 5.55. The number of hydrogen-bond donors (Lipinski definition) is 0. The second-order valence-corrected chi connectivity index (χ2v) is 4.43. The van der Waals surface area contributed by atoms with E-state index in [4.69, 9.17) is 4.74 Å². The number of epoxide rings is 1. The van der Waals surface area contributed by atoms with Crippen LogP contribution in [0, 0.1) is 0 Å². The van der Waals surface area contributed by atoms with Crippen LogP contribution >= 0.6 is 0 Å². The predicted molar refractivity (Wildman–Crippen MR) is 66.4 cm³/mol. The lowest BCUT2D eigenvalue weighted by atomic mass is 10.0. The molecule has 2 atom stereocenters. The highest BCUT2D eigenvalue weighted by molar-refractivity contribution is 5.83. The van der Waals surface area contributed by atoms with Crippen molar-refractivity contribution in [2.45, 2.75) is 19.1 Å². The molecule has 0 spiro atoms. The van der Waals surface area contributed by atoms with E-state index < -0.39 is 0 Å².